The van der Waals surface area contributed by atoms with E-state index in [9.17, 15) is 14.0 Å². The summed E-state index contributed by atoms with van der Waals surface area (Å²) in [6, 6.07) is 14.4. The normalized spacial score (nSPS) is 16.2. The molecular weight excluding hydrogens is 411 g/mol. The van der Waals surface area contributed by atoms with E-state index in [1.165, 1.54) is 12.1 Å². The Kier molecular flexibility index (Phi) is 6.32. The van der Waals surface area contributed by atoms with Crippen molar-refractivity contribution in [3.63, 3.8) is 0 Å². The van der Waals surface area contributed by atoms with Crippen molar-refractivity contribution in [3.8, 4) is 0 Å². The third kappa shape index (κ3) is 4.55. The first kappa shape index (κ1) is 21.7. The van der Waals surface area contributed by atoms with Crippen molar-refractivity contribution in [2.24, 2.45) is 0 Å². The highest BCUT2D eigenvalue weighted by molar-refractivity contribution is 6.00. The highest BCUT2D eigenvalue weighted by Gasteiger charge is 2.42. The van der Waals surface area contributed by atoms with Gasteiger partial charge >= 0.3 is 0 Å². The molecule has 2 N–H and O–H groups in total. The molecule has 1 fully saturated rings. The fourth-order valence-corrected chi connectivity index (χ4v) is 3.95. The van der Waals surface area contributed by atoms with Gasteiger partial charge in [0.05, 0.1) is 5.41 Å². The van der Waals surface area contributed by atoms with E-state index in [2.05, 4.69) is 15.7 Å². The Bertz CT molecular complexity index is 1090. The van der Waals surface area contributed by atoms with Gasteiger partial charge in [-0.15, -0.1) is 0 Å². The summed E-state index contributed by atoms with van der Waals surface area (Å²) in [5.74, 6) is -0.824. The van der Waals surface area contributed by atoms with Crippen LogP contribution in [0.15, 0.2) is 67.0 Å². The number of carbonyl (C=O) groups is 2. The number of hydrogen-bond donors (Lipinski definition) is 2. The molecule has 2 heterocycles. The predicted molar refractivity (Wildman–Crippen MR) is 119 cm³/mol. The van der Waals surface area contributed by atoms with Crippen molar-refractivity contribution in [3.05, 3.63) is 78.4 Å². The molecule has 0 saturated carbocycles. The monoisotopic (exact) mass is 436 g/mol. The quantitative estimate of drug-likeness (QED) is 0.614. The third-order valence-electron chi connectivity index (χ3n) is 5.85. The summed E-state index contributed by atoms with van der Waals surface area (Å²) in [4.78, 5) is 26.0. The van der Waals surface area contributed by atoms with Crippen molar-refractivity contribution in [2.45, 2.75) is 31.2 Å². The minimum atomic E-state index is -0.881. The molecule has 0 radical (unpaired) electrons. The van der Waals surface area contributed by atoms with Gasteiger partial charge in [-0.2, -0.15) is 5.10 Å². The summed E-state index contributed by atoms with van der Waals surface area (Å²) in [5.41, 5.74) is 0.852. The molecule has 1 atom stereocenters. The topological polar surface area (TPSA) is 85.3 Å². The largest absolute Gasteiger partial charge is 0.381 e. The van der Waals surface area contributed by atoms with Crippen LogP contribution in [0.3, 0.4) is 0 Å². The van der Waals surface area contributed by atoms with E-state index in [0.717, 1.165) is 0 Å². The molecule has 1 unspecified atom stereocenters. The van der Waals surface area contributed by atoms with Gasteiger partial charge in [-0.3, -0.25) is 14.3 Å². The number of ether oxygens (including phenoxy) is 1. The number of nitrogens with zero attached hydrogens (tertiary/aromatic N) is 2. The molecule has 166 valence electrons. The van der Waals surface area contributed by atoms with E-state index in [0.29, 0.717) is 43.0 Å². The number of anilines is 2. The molecule has 2 aromatic carbocycles. The molecule has 1 aromatic heterocycles. The SMILES string of the molecule is CC(C(=O)Nc1cccc(NC(=O)C2(c3cccc(F)c3)CCOCC2)c1)n1cccn1. The summed E-state index contributed by atoms with van der Waals surface area (Å²) in [6.45, 7) is 2.60. The number of nitrogens with one attached hydrogen (secondary N) is 2. The van der Waals surface area contributed by atoms with E-state index in [1.807, 2.05) is 0 Å². The van der Waals surface area contributed by atoms with Crippen LogP contribution in [0.4, 0.5) is 15.8 Å². The van der Waals surface area contributed by atoms with Gasteiger partial charge in [0, 0.05) is 37.0 Å². The Morgan fingerprint density at radius 3 is 2.47 bits per heavy atom. The Hall–Kier alpha value is -3.52. The van der Waals surface area contributed by atoms with Crippen molar-refractivity contribution >= 4 is 23.2 Å². The molecule has 0 aliphatic carbocycles. The van der Waals surface area contributed by atoms with Crippen LogP contribution in [-0.2, 0) is 19.7 Å². The maximum atomic E-state index is 13.9. The molecule has 7 nitrogen and oxygen atoms in total. The van der Waals surface area contributed by atoms with E-state index in [-0.39, 0.29) is 17.6 Å². The van der Waals surface area contributed by atoms with Crippen molar-refractivity contribution < 1.29 is 18.7 Å². The van der Waals surface area contributed by atoms with E-state index >= 15 is 0 Å². The zero-order valence-corrected chi connectivity index (χ0v) is 17.8. The molecular formula is C24H25FN4O3. The number of rotatable bonds is 6. The number of aromatic nitrogens is 2. The standard InChI is InChI=1S/C24H25FN4O3/c1-17(29-12-4-11-26-29)22(30)27-20-7-3-8-21(16-20)28-23(31)24(9-13-32-14-10-24)18-5-2-6-19(25)15-18/h2-8,11-12,15-17H,9-10,13-14H2,1H3,(H,27,30)(H,28,31). The Labute approximate surface area is 185 Å². The first-order valence-electron chi connectivity index (χ1n) is 10.5. The molecule has 8 heteroatoms. The Morgan fingerprint density at radius 1 is 1.06 bits per heavy atom. The molecule has 0 bridgehead atoms. The summed E-state index contributed by atoms with van der Waals surface area (Å²) in [6.07, 6.45) is 4.26. The third-order valence-corrected chi connectivity index (χ3v) is 5.85. The lowest BCUT2D eigenvalue weighted by Gasteiger charge is -2.36. The smallest absolute Gasteiger partial charge is 0.248 e. The maximum Gasteiger partial charge on any atom is 0.248 e. The van der Waals surface area contributed by atoms with Gasteiger partial charge in [-0.1, -0.05) is 18.2 Å². The van der Waals surface area contributed by atoms with Crippen LogP contribution in [0, 0.1) is 5.82 Å². The molecule has 1 saturated heterocycles. The first-order chi connectivity index (χ1) is 15.5. The van der Waals surface area contributed by atoms with Gasteiger partial charge in [0.1, 0.15) is 11.9 Å². The number of amides is 2. The lowest BCUT2D eigenvalue weighted by molar-refractivity contribution is -0.125. The fraction of sp³-hybridized carbons (Fsp3) is 0.292. The molecule has 32 heavy (non-hydrogen) atoms. The highest BCUT2D eigenvalue weighted by Crippen LogP contribution is 2.36. The average molecular weight is 436 g/mol. The van der Waals surface area contributed by atoms with Crippen molar-refractivity contribution in [1.82, 2.24) is 9.78 Å². The zero-order chi connectivity index (χ0) is 22.6. The summed E-state index contributed by atoms with van der Waals surface area (Å²) in [7, 11) is 0. The highest BCUT2D eigenvalue weighted by atomic mass is 19.1. The molecule has 3 aromatic rings. The van der Waals surface area contributed by atoms with Crippen molar-refractivity contribution in [1.29, 1.82) is 0 Å². The van der Waals surface area contributed by atoms with Gasteiger partial charge in [-0.25, -0.2) is 4.39 Å². The van der Waals surface area contributed by atoms with E-state index in [4.69, 9.17) is 4.74 Å². The molecule has 2 amide bonds. The van der Waals surface area contributed by atoms with Crippen LogP contribution in [0.25, 0.3) is 0 Å². The number of halogens is 1. The number of carbonyl (C=O) groups excluding carboxylic acids is 2. The average Bonchev–Trinajstić information content (AvgIpc) is 3.34. The van der Waals surface area contributed by atoms with E-state index < -0.39 is 11.5 Å². The maximum absolute atomic E-state index is 13.9. The van der Waals surface area contributed by atoms with E-state index in [1.54, 1.807) is 66.5 Å². The second-order valence-corrected chi connectivity index (χ2v) is 7.89. The van der Waals surface area contributed by atoms with Crippen LogP contribution >= 0.6 is 0 Å². The van der Waals surface area contributed by atoms with Gasteiger partial charge in [0.15, 0.2) is 0 Å². The zero-order valence-electron chi connectivity index (χ0n) is 17.8. The van der Waals surface area contributed by atoms with Crippen LogP contribution in [0.1, 0.15) is 31.4 Å². The first-order valence-corrected chi connectivity index (χ1v) is 10.5. The summed E-state index contributed by atoms with van der Waals surface area (Å²) < 4.78 is 20.9. The fourth-order valence-electron chi connectivity index (χ4n) is 3.95. The number of benzene rings is 2. The van der Waals surface area contributed by atoms with Gasteiger partial charge in [0.25, 0.3) is 0 Å². The molecule has 0 spiro atoms. The Morgan fingerprint density at radius 2 is 1.78 bits per heavy atom. The second kappa shape index (κ2) is 9.32. The lowest BCUT2D eigenvalue weighted by atomic mass is 9.73. The molecule has 1 aliphatic heterocycles. The van der Waals surface area contributed by atoms with Gasteiger partial charge in [0.2, 0.25) is 11.8 Å². The lowest BCUT2D eigenvalue weighted by Crippen LogP contribution is -2.44. The van der Waals surface area contributed by atoms with Gasteiger partial charge < -0.3 is 15.4 Å². The number of hydrogen-bond acceptors (Lipinski definition) is 4. The predicted octanol–water partition coefficient (Wildman–Crippen LogP) is 3.91. The second-order valence-electron chi connectivity index (χ2n) is 7.89. The summed E-state index contributed by atoms with van der Waals surface area (Å²) >= 11 is 0. The molecule has 4 rings (SSSR count). The van der Waals surface area contributed by atoms with Crippen molar-refractivity contribution in [2.75, 3.05) is 23.8 Å². The summed E-state index contributed by atoms with van der Waals surface area (Å²) in [5, 5.41) is 9.90. The van der Waals surface area contributed by atoms with Crippen LogP contribution < -0.4 is 10.6 Å². The molecule has 1 aliphatic rings. The van der Waals surface area contributed by atoms with Gasteiger partial charge in [-0.05, 0) is 61.7 Å². The van der Waals surface area contributed by atoms with Crippen LogP contribution in [0.5, 0.6) is 0 Å². The van der Waals surface area contributed by atoms with Crippen LogP contribution in [0.2, 0.25) is 0 Å². The minimum Gasteiger partial charge on any atom is -0.381 e. The van der Waals surface area contributed by atoms with Crippen LogP contribution in [-0.4, -0.2) is 34.8 Å². The Balaban J connectivity index is 1.51. The minimum absolute atomic E-state index is 0.222.